The molecule has 0 spiro atoms. The van der Waals surface area contributed by atoms with E-state index >= 15 is 0 Å². The first-order chi connectivity index (χ1) is 10.3. The number of hydrogen-bond acceptors (Lipinski definition) is 1. The Morgan fingerprint density at radius 1 is 1.18 bits per heavy atom. The van der Waals surface area contributed by atoms with Crippen LogP contribution in [0.3, 0.4) is 0 Å². The highest BCUT2D eigenvalue weighted by atomic mass is 35.5. The Bertz CT molecular complexity index is 632. The third-order valence-electron chi connectivity index (χ3n) is 5.33. The average Bonchev–Trinajstić information content (AvgIpc) is 2.84. The summed E-state index contributed by atoms with van der Waals surface area (Å²) in [6.45, 7) is 2.34. The van der Waals surface area contributed by atoms with E-state index in [0.29, 0.717) is 12.0 Å². The third kappa shape index (κ3) is 2.51. The van der Waals surface area contributed by atoms with E-state index in [-0.39, 0.29) is 12.4 Å². The van der Waals surface area contributed by atoms with Gasteiger partial charge in [-0.15, -0.1) is 12.4 Å². The van der Waals surface area contributed by atoms with Gasteiger partial charge in [-0.1, -0.05) is 48.6 Å². The Morgan fingerprint density at radius 3 is 2.82 bits per heavy atom. The van der Waals surface area contributed by atoms with Gasteiger partial charge in [-0.05, 0) is 11.1 Å². The molecule has 2 nitrogen and oxygen atoms in total. The Morgan fingerprint density at radius 2 is 2.00 bits per heavy atom. The van der Waals surface area contributed by atoms with E-state index in [1.54, 1.807) is 5.57 Å². The van der Waals surface area contributed by atoms with Crippen LogP contribution >= 0.6 is 12.4 Å². The van der Waals surface area contributed by atoms with Gasteiger partial charge in [-0.25, -0.2) is 0 Å². The van der Waals surface area contributed by atoms with E-state index in [1.165, 1.54) is 30.5 Å². The molecular weight excluding hydrogens is 292 g/mol. The van der Waals surface area contributed by atoms with Crippen molar-refractivity contribution in [1.82, 2.24) is 5.32 Å². The van der Waals surface area contributed by atoms with Crippen LogP contribution < -0.4 is 5.32 Å². The highest BCUT2D eigenvalue weighted by molar-refractivity contribution is 5.85. The van der Waals surface area contributed by atoms with Gasteiger partial charge in [0.25, 0.3) is 0 Å². The van der Waals surface area contributed by atoms with Crippen molar-refractivity contribution in [1.29, 1.82) is 0 Å². The Hall–Kier alpha value is -1.51. The van der Waals surface area contributed by atoms with E-state index in [0.717, 1.165) is 11.2 Å². The predicted octanol–water partition coefficient (Wildman–Crippen LogP) is 3.74. The number of quaternary nitrogens is 1. The van der Waals surface area contributed by atoms with Gasteiger partial charge < -0.3 is 9.80 Å². The summed E-state index contributed by atoms with van der Waals surface area (Å²) in [6, 6.07) is 11.5. The SMILES string of the molecule is C[N+]12CCCC1C1=C[C@H](c3ccccc3)C=CC1=CNC2.Cl. The second-order valence-corrected chi connectivity index (χ2v) is 6.74. The molecule has 1 aromatic rings. The number of allylic oxidation sites excluding steroid dienone is 3. The first kappa shape index (κ1) is 15.4. The van der Waals surface area contributed by atoms with Crippen molar-refractivity contribution in [3.63, 3.8) is 0 Å². The number of benzene rings is 1. The zero-order valence-electron chi connectivity index (χ0n) is 13.0. The summed E-state index contributed by atoms with van der Waals surface area (Å²) in [6.07, 6.45) is 12.0. The van der Waals surface area contributed by atoms with Crippen molar-refractivity contribution >= 4 is 12.4 Å². The monoisotopic (exact) mass is 315 g/mol. The molecule has 2 unspecified atom stereocenters. The summed E-state index contributed by atoms with van der Waals surface area (Å²) in [5, 5.41) is 3.53. The maximum Gasteiger partial charge on any atom is 0.151 e. The molecule has 1 N–H and O–H groups in total. The number of hydrogen-bond donors (Lipinski definition) is 1. The first-order valence-corrected chi connectivity index (χ1v) is 7.99. The fraction of sp³-hybridized carbons (Fsp3) is 0.368. The van der Waals surface area contributed by atoms with Gasteiger partial charge in [-0.2, -0.15) is 0 Å². The zero-order chi connectivity index (χ0) is 14.3. The molecule has 2 heterocycles. The first-order valence-electron chi connectivity index (χ1n) is 7.99. The van der Waals surface area contributed by atoms with Crippen molar-refractivity contribution in [3.8, 4) is 0 Å². The number of nitrogens with one attached hydrogen (secondary N) is 1. The van der Waals surface area contributed by atoms with Crippen LogP contribution in [0.25, 0.3) is 0 Å². The van der Waals surface area contributed by atoms with Gasteiger partial charge in [0.1, 0.15) is 6.04 Å². The van der Waals surface area contributed by atoms with E-state index in [4.69, 9.17) is 0 Å². The van der Waals surface area contributed by atoms with Crippen molar-refractivity contribution in [2.45, 2.75) is 24.8 Å². The summed E-state index contributed by atoms with van der Waals surface area (Å²) in [7, 11) is 2.40. The van der Waals surface area contributed by atoms with Crippen molar-refractivity contribution in [3.05, 3.63) is 71.5 Å². The zero-order valence-corrected chi connectivity index (χ0v) is 13.9. The van der Waals surface area contributed by atoms with Crippen LogP contribution in [0, 0.1) is 0 Å². The topological polar surface area (TPSA) is 12.0 Å². The van der Waals surface area contributed by atoms with Crippen molar-refractivity contribution in [2.75, 3.05) is 20.3 Å². The van der Waals surface area contributed by atoms with Crippen LogP contribution in [0.15, 0.2) is 65.9 Å². The molecule has 3 heteroatoms. The van der Waals surface area contributed by atoms with E-state index in [9.17, 15) is 0 Å². The van der Waals surface area contributed by atoms with Gasteiger partial charge in [0.05, 0.1) is 13.6 Å². The fourth-order valence-electron chi connectivity index (χ4n) is 4.12. The Labute approximate surface area is 139 Å². The minimum absolute atomic E-state index is 0. The summed E-state index contributed by atoms with van der Waals surface area (Å²) < 4.78 is 1.14. The van der Waals surface area contributed by atoms with E-state index in [2.05, 4.69) is 67.1 Å². The molecule has 0 amide bonds. The minimum Gasteiger partial charge on any atom is -0.345 e. The van der Waals surface area contributed by atoms with Crippen LogP contribution in [0.5, 0.6) is 0 Å². The van der Waals surface area contributed by atoms with Gasteiger partial charge in [0.2, 0.25) is 0 Å². The molecule has 0 radical (unpaired) electrons. The summed E-state index contributed by atoms with van der Waals surface area (Å²) in [4.78, 5) is 0. The second kappa shape index (κ2) is 5.94. The van der Waals surface area contributed by atoms with Crippen LogP contribution in [-0.2, 0) is 0 Å². The maximum atomic E-state index is 3.53. The quantitative estimate of drug-likeness (QED) is 0.778. The standard InChI is InChI=1S/C19H23N2.ClH/c1-21-11-5-8-19(21)18-12-16(15-6-3-2-4-7-15)9-10-17(18)13-20-14-21;/h2-4,6-7,9-10,12-13,16,19-20H,5,8,11,14H2,1H3;1H/q+1;/t16-,19?,21?;/m1./s1. The van der Waals surface area contributed by atoms with E-state index in [1.807, 2.05) is 0 Å². The number of halogens is 1. The molecule has 22 heavy (non-hydrogen) atoms. The Kier molecular flexibility index (Phi) is 4.16. The Balaban J connectivity index is 0.00000144. The average molecular weight is 316 g/mol. The van der Waals surface area contributed by atoms with Crippen LogP contribution in [0.2, 0.25) is 0 Å². The summed E-state index contributed by atoms with van der Waals surface area (Å²) >= 11 is 0. The number of nitrogens with zero attached hydrogens (tertiary/aromatic N) is 1. The molecule has 1 saturated heterocycles. The lowest BCUT2D eigenvalue weighted by Gasteiger charge is -2.36. The van der Waals surface area contributed by atoms with Crippen LogP contribution in [-0.4, -0.2) is 30.8 Å². The normalized spacial score (nSPS) is 32.6. The smallest absolute Gasteiger partial charge is 0.151 e. The summed E-state index contributed by atoms with van der Waals surface area (Å²) in [5.41, 5.74) is 4.33. The summed E-state index contributed by atoms with van der Waals surface area (Å²) in [5.74, 6) is 0.422. The van der Waals surface area contributed by atoms with Crippen LogP contribution in [0.1, 0.15) is 24.3 Å². The predicted molar refractivity (Wildman–Crippen MR) is 93.8 cm³/mol. The minimum atomic E-state index is 0. The van der Waals surface area contributed by atoms with Gasteiger partial charge in [-0.3, -0.25) is 0 Å². The molecule has 1 fully saturated rings. The largest absolute Gasteiger partial charge is 0.345 e. The molecule has 0 aromatic heterocycles. The molecule has 0 bridgehead atoms. The molecule has 0 saturated carbocycles. The maximum absolute atomic E-state index is 3.53. The van der Waals surface area contributed by atoms with Gasteiger partial charge >= 0.3 is 0 Å². The lowest BCUT2D eigenvalue weighted by atomic mass is 9.85. The molecule has 2 aliphatic heterocycles. The highest BCUT2D eigenvalue weighted by Gasteiger charge is 2.42. The van der Waals surface area contributed by atoms with Crippen LogP contribution in [0.4, 0.5) is 0 Å². The molecular formula is C19H24ClN2+. The van der Waals surface area contributed by atoms with Gasteiger partial charge in [0.15, 0.2) is 6.67 Å². The lowest BCUT2D eigenvalue weighted by molar-refractivity contribution is -0.917. The highest BCUT2D eigenvalue weighted by Crippen LogP contribution is 2.39. The molecule has 1 aromatic carbocycles. The second-order valence-electron chi connectivity index (χ2n) is 6.74. The third-order valence-corrected chi connectivity index (χ3v) is 5.33. The molecule has 4 rings (SSSR count). The number of fused-ring (bicyclic) bond motifs is 3. The number of likely N-dealkylation sites (N-methyl/N-ethyl adjacent to an activating group) is 1. The van der Waals surface area contributed by atoms with Crippen molar-refractivity contribution in [2.24, 2.45) is 0 Å². The molecule has 116 valence electrons. The molecule has 1 aliphatic carbocycles. The molecule has 3 aliphatic rings. The van der Waals surface area contributed by atoms with E-state index < -0.39 is 0 Å². The number of rotatable bonds is 1. The fourth-order valence-corrected chi connectivity index (χ4v) is 4.12. The lowest BCUT2D eigenvalue weighted by Crippen LogP contribution is -2.51. The molecule has 3 atom stereocenters. The van der Waals surface area contributed by atoms with Gasteiger partial charge in [0, 0.05) is 30.5 Å². The van der Waals surface area contributed by atoms with Crippen molar-refractivity contribution < 1.29 is 4.48 Å².